The van der Waals surface area contributed by atoms with Gasteiger partial charge in [-0.2, -0.15) is 0 Å². The van der Waals surface area contributed by atoms with Crippen LogP contribution in [0.1, 0.15) is 98.3 Å². The average Bonchev–Trinajstić information content (AvgIpc) is 2.37. The topological polar surface area (TPSA) is 0 Å². The van der Waals surface area contributed by atoms with Crippen LogP contribution in [-0.4, -0.2) is 0 Å². The van der Waals surface area contributed by atoms with Gasteiger partial charge in [0, 0.05) is 0 Å². The summed E-state index contributed by atoms with van der Waals surface area (Å²) in [6, 6.07) is 0. The minimum Gasteiger partial charge on any atom is -0.0883 e. The largest absolute Gasteiger partial charge is 0.0883 e. The van der Waals surface area contributed by atoms with Crippen LogP contribution >= 0.6 is 0 Å². The van der Waals surface area contributed by atoms with Crippen molar-refractivity contribution in [3.63, 3.8) is 0 Å². The first-order chi connectivity index (χ1) is 8.74. The lowest BCUT2D eigenvalue weighted by Gasteiger charge is -2.30. The summed E-state index contributed by atoms with van der Waals surface area (Å²) in [5.74, 6) is 0. The highest BCUT2D eigenvalue weighted by Gasteiger charge is 2.24. The van der Waals surface area contributed by atoms with Gasteiger partial charge in [0.25, 0.3) is 0 Å². The van der Waals surface area contributed by atoms with Crippen LogP contribution in [-0.2, 0) is 0 Å². The number of allylic oxidation sites excluding steroid dienone is 2. The van der Waals surface area contributed by atoms with E-state index in [2.05, 4.69) is 39.8 Å². The molecule has 0 atom stereocenters. The molecule has 0 aromatic rings. The predicted octanol–water partition coefficient (Wildman–Crippen LogP) is 6.90. The molecule has 108 valence electrons. The van der Waals surface area contributed by atoms with Gasteiger partial charge < -0.3 is 0 Å². The predicted molar refractivity (Wildman–Crippen MR) is 85.1 cm³/mol. The summed E-state index contributed by atoms with van der Waals surface area (Å²) in [5.41, 5.74) is 0.520. The van der Waals surface area contributed by atoms with Gasteiger partial charge in [0.1, 0.15) is 0 Å². The van der Waals surface area contributed by atoms with Crippen molar-refractivity contribution in [3.8, 4) is 0 Å². The van der Waals surface area contributed by atoms with Crippen LogP contribution in [0.2, 0.25) is 0 Å². The maximum absolute atomic E-state index is 2.56. The highest BCUT2D eigenvalue weighted by molar-refractivity contribution is 4.99. The SMILES string of the molecule is CC/C=C/C(CCC)(CCC)CCCCCCC. The maximum Gasteiger partial charge on any atom is -0.0118 e. The lowest BCUT2D eigenvalue weighted by molar-refractivity contribution is 0.279. The summed E-state index contributed by atoms with van der Waals surface area (Å²) in [6.07, 6.45) is 20.0. The molecule has 0 aliphatic rings. The van der Waals surface area contributed by atoms with Crippen molar-refractivity contribution in [2.75, 3.05) is 0 Å². The summed E-state index contributed by atoms with van der Waals surface area (Å²) in [5, 5.41) is 0. The van der Waals surface area contributed by atoms with Crippen molar-refractivity contribution in [1.82, 2.24) is 0 Å². The van der Waals surface area contributed by atoms with Gasteiger partial charge in [0.2, 0.25) is 0 Å². The van der Waals surface area contributed by atoms with Crippen LogP contribution in [0.15, 0.2) is 12.2 Å². The Bertz CT molecular complexity index is 184. The van der Waals surface area contributed by atoms with Gasteiger partial charge in [-0.15, -0.1) is 0 Å². The minimum absolute atomic E-state index is 0.520. The second-order valence-electron chi connectivity index (χ2n) is 5.84. The Hall–Kier alpha value is -0.260. The van der Waals surface area contributed by atoms with Crippen LogP contribution in [0.3, 0.4) is 0 Å². The molecule has 0 aromatic heterocycles. The fraction of sp³-hybridized carbons (Fsp3) is 0.889. The van der Waals surface area contributed by atoms with E-state index >= 15 is 0 Å². The van der Waals surface area contributed by atoms with Crippen molar-refractivity contribution < 1.29 is 0 Å². The summed E-state index contributed by atoms with van der Waals surface area (Å²) >= 11 is 0. The second kappa shape index (κ2) is 11.8. The zero-order chi connectivity index (χ0) is 13.7. The third kappa shape index (κ3) is 7.95. The van der Waals surface area contributed by atoms with Crippen LogP contribution < -0.4 is 0 Å². The Morgan fingerprint density at radius 2 is 1.28 bits per heavy atom. The molecular formula is C18H36. The monoisotopic (exact) mass is 252 g/mol. The Morgan fingerprint density at radius 1 is 0.667 bits per heavy atom. The molecule has 0 N–H and O–H groups in total. The van der Waals surface area contributed by atoms with Gasteiger partial charge in [-0.3, -0.25) is 0 Å². The van der Waals surface area contributed by atoms with Crippen molar-refractivity contribution in [2.45, 2.75) is 98.3 Å². The van der Waals surface area contributed by atoms with E-state index < -0.39 is 0 Å². The highest BCUT2D eigenvalue weighted by Crippen LogP contribution is 2.37. The molecule has 0 aliphatic heterocycles. The fourth-order valence-electron chi connectivity index (χ4n) is 3.07. The van der Waals surface area contributed by atoms with E-state index in [4.69, 9.17) is 0 Å². The van der Waals surface area contributed by atoms with E-state index in [0.717, 1.165) is 0 Å². The van der Waals surface area contributed by atoms with Crippen molar-refractivity contribution in [1.29, 1.82) is 0 Å². The van der Waals surface area contributed by atoms with Crippen LogP contribution in [0.5, 0.6) is 0 Å². The lowest BCUT2D eigenvalue weighted by Crippen LogP contribution is -2.17. The first-order valence-corrected chi connectivity index (χ1v) is 8.42. The van der Waals surface area contributed by atoms with Crippen LogP contribution in [0, 0.1) is 5.41 Å². The second-order valence-corrected chi connectivity index (χ2v) is 5.84. The molecule has 0 unspecified atom stereocenters. The van der Waals surface area contributed by atoms with Crippen molar-refractivity contribution >= 4 is 0 Å². The molecule has 0 heteroatoms. The quantitative estimate of drug-likeness (QED) is 0.262. The van der Waals surface area contributed by atoms with Crippen LogP contribution in [0.25, 0.3) is 0 Å². The molecule has 0 radical (unpaired) electrons. The summed E-state index contributed by atoms with van der Waals surface area (Å²) in [7, 11) is 0. The smallest absolute Gasteiger partial charge is 0.0118 e. The van der Waals surface area contributed by atoms with E-state index in [1.54, 1.807) is 0 Å². The van der Waals surface area contributed by atoms with Gasteiger partial charge in [-0.25, -0.2) is 0 Å². The first-order valence-electron chi connectivity index (χ1n) is 8.42. The van der Waals surface area contributed by atoms with E-state index in [-0.39, 0.29) is 0 Å². The third-order valence-corrected chi connectivity index (χ3v) is 3.98. The number of rotatable bonds is 12. The summed E-state index contributed by atoms with van der Waals surface area (Å²) in [4.78, 5) is 0. The molecule has 0 rings (SSSR count). The molecule has 18 heavy (non-hydrogen) atoms. The third-order valence-electron chi connectivity index (χ3n) is 3.98. The summed E-state index contributed by atoms with van der Waals surface area (Å²) < 4.78 is 0. The molecule has 0 spiro atoms. The Morgan fingerprint density at radius 3 is 1.78 bits per heavy atom. The molecule has 0 fully saturated rings. The van der Waals surface area contributed by atoms with E-state index in [1.165, 1.54) is 70.6 Å². The maximum atomic E-state index is 2.56. The highest BCUT2D eigenvalue weighted by atomic mass is 14.3. The van der Waals surface area contributed by atoms with Gasteiger partial charge >= 0.3 is 0 Å². The zero-order valence-corrected chi connectivity index (χ0v) is 13.4. The Kier molecular flexibility index (Phi) is 11.6. The van der Waals surface area contributed by atoms with E-state index in [9.17, 15) is 0 Å². The lowest BCUT2D eigenvalue weighted by atomic mass is 9.74. The average molecular weight is 252 g/mol. The first kappa shape index (κ1) is 17.7. The Balaban J connectivity index is 4.27. The molecular weight excluding hydrogens is 216 g/mol. The molecule has 0 amide bonds. The molecule has 0 bridgehead atoms. The van der Waals surface area contributed by atoms with Gasteiger partial charge in [0.15, 0.2) is 0 Å². The molecule has 0 aromatic carbocycles. The fourth-order valence-corrected chi connectivity index (χ4v) is 3.07. The number of hydrogen-bond donors (Lipinski definition) is 0. The number of unbranched alkanes of at least 4 members (excludes halogenated alkanes) is 4. The van der Waals surface area contributed by atoms with E-state index in [0.29, 0.717) is 5.41 Å². The molecule has 0 saturated heterocycles. The van der Waals surface area contributed by atoms with Crippen molar-refractivity contribution in [2.24, 2.45) is 5.41 Å². The molecule has 0 aliphatic carbocycles. The molecule has 0 nitrogen and oxygen atoms in total. The molecule has 0 saturated carbocycles. The number of hydrogen-bond acceptors (Lipinski definition) is 0. The molecule has 0 heterocycles. The van der Waals surface area contributed by atoms with Crippen LogP contribution in [0.4, 0.5) is 0 Å². The van der Waals surface area contributed by atoms with Gasteiger partial charge in [-0.1, -0.05) is 84.8 Å². The summed E-state index contributed by atoms with van der Waals surface area (Å²) in [6.45, 7) is 9.21. The van der Waals surface area contributed by atoms with Gasteiger partial charge in [-0.05, 0) is 31.1 Å². The normalized spacial score (nSPS) is 12.4. The van der Waals surface area contributed by atoms with Gasteiger partial charge in [0.05, 0.1) is 0 Å². The Labute approximate surface area is 116 Å². The van der Waals surface area contributed by atoms with Crippen molar-refractivity contribution in [3.05, 3.63) is 12.2 Å². The minimum atomic E-state index is 0.520. The standard InChI is InChI=1S/C18H36/c1-5-9-11-12-13-17-18(14-7-3,15-8-4)16-10-6-2/h10,16H,5-9,11-15,17H2,1-4H3/b16-10+. The van der Waals surface area contributed by atoms with E-state index in [1.807, 2.05) is 0 Å². The zero-order valence-electron chi connectivity index (χ0n) is 13.4.